The zero-order valence-electron chi connectivity index (χ0n) is 12.6. The average Bonchev–Trinajstić information content (AvgIpc) is 2.56. The Kier molecular flexibility index (Phi) is 4.41. The highest BCUT2D eigenvalue weighted by Gasteiger charge is 2.21. The van der Waals surface area contributed by atoms with Crippen LogP contribution < -0.4 is 10.2 Å². The molecule has 1 amide bonds. The number of pyridine rings is 1. The maximum absolute atomic E-state index is 13.0. The van der Waals surface area contributed by atoms with E-state index in [2.05, 4.69) is 15.2 Å². The summed E-state index contributed by atoms with van der Waals surface area (Å²) < 4.78 is 13.0. The summed E-state index contributed by atoms with van der Waals surface area (Å²) in [5.74, 6) is 0.626. The second-order valence-corrected chi connectivity index (χ2v) is 5.62. The Morgan fingerprint density at radius 2 is 1.78 bits per heavy atom. The van der Waals surface area contributed by atoms with Gasteiger partial charge in [-0.1, -0.05) is 12.1 Å². The summed E-state index contributed by atoms with van der Waals surface area (Å²) in [7, 11) is 0. The van der Waals surface area contributed by atoms with Gasteiger partial charge in [0.15, 0.2) is 0 Å². The molecule has 120 valence electrons. The Balaban J connectivity index is 1.64. The van der Waals surface area contributed by atoms with Crippen LogP contribution in [-0.4, -0.2) is 35.3 Å². The number of halogens is 1. The quantitative estimate of drug-likeness (QED) is 0.913. The second-order valence-electron chi connectivity index (χ2n) is 5.62. The molecule has 2 aromatic rings. The number of carbonyl (C=O) groups is 1. The predicted octanol–water partition coefficient (Wildman–Crippen LogP) is 3.12. The molecule has 0 spiro atoms. The van der Waals surface area contributed by atoms with Crippen LogP contribution in [0.3, 0.4) is 0 Å². The Bertz CT molecular complexity index is 665. The van der Waals surface area contributed by atoms with E-state index in [1.54, 1.807) is 18.3 Å². The van der Waals surface area contributed by atoms with Crippen LogP contribution in [0.1, 0.15) is 12.8 Å². The number of aromatic nitrogens is 1. The highest BCUT2D eigenvalue weighted by atomic mass is 19.1. The number of amides is 1. The van der Waals surface area contributed by atoms with Crippen molar-refractivity contribution < 1.29 is 14.3 Å². The van der Waals surface area contributed by atoms with Crippen LogP contribution in [0, 0.1) is 5.82 Å². The van der Waals surface area contributed by atoms with Crippen molar-refractivity contribution in [3.63, 3.8) is 0 Å². The third kappa shape index (κ3) is 3.77. The van der Waals surface area contributed by atoms with Crippen molar-refractivity contribution in [3.05, 3.63) is 48.4 Å². The van der Waals surface area contributed by atoms with Gasteiger partial charge < -0.3 is 15.3 Å². The SMILES string of the molecule is O=C(O)NC1CCN(c2ccc(-c3ccc(F)cc3)cn2)CC1. The van der Waals surface area contributed by atoms with E-state index in [1.807, 2.05) is 12.1 Å². The smallest absolute Gasteiger partial charge is 0.404 e. The molecule has 0 aliphatic carbocycles. The maximum atomic E-state index is 13.0. The monoisotopic (exact) mass is 315 g/mol. The van der Waals surface area contributed by atoms with E-state index in [4.69, 9.17) is 5.11 Å². The fourth-order valence-electron chi connectivity index (χ4n) is 2.81. The number of anilines is 1. The van der Waals surface area contributed by atoms with Gasteiger partial charge in [-0.2, -0.15) is 0 Å². The molecule has 2 N–H and O–H groups in total. The second kappa shape index (κ2) is 6.64. The van der Waals surface area contributed by atoms with Gasteiger partial charge in [-0.3, -0.25) is 0 Å². The first kappa shape index (κ1) is 15.3. The predicted molar refractivity (Wildman–Crippen MR) is 86.0 cm³/mol. The summed E-state index contributed by atoms with van der Waals surface area (Å²) in [5.41, 5.74) is 1.87. The van der Waals surface area contributed by atoms with Crippen LogP contribution in [0.25, 0.3) is 11.1 Å². The lowest BCUT2D eigenvalue weighted by molar-refractivity contribution is 0.187. The van der Waals surface area contributed by atoms with Crippen LogP contribution in [0.15, 0.2) is 42.6 Å². The van der Waals surface area contributed by atoms with E-state index in [0.717, 1.165) is 42.9 Å². The first-order valence-corrected chi connectivity index (χ1v) is 7.58. The fourth-order valence-corrected chi connectivity index (χ4v) is 2.81. The molecule has 0 radical (unpaired) electrons. The van der Waals surface area contributed by atoms with Gasteiger partial charge in [-0.25, -0.2) is 14.2 Å². The van der Waals surface area contributed by atoms with Crippen LogP contribution >= 0.6 is 0 Å². The van der Waals surface area contributed by atoms with Crippen molar-refractivity contribution in [2.75, 3.05) is 18.0 Å². The number of carboxylic acid groups (broad SMARTS) is 1. The minimum Gasteiger partial charge on any atom is -0.465 e. The zero-order chi connectivity index (χ0) is 16.2. The first-order valence-electron chi connectivity index (χ1n) is 7.58. The van der Waals surface area contributed by atoms with E-state index in [9.17, 15) is 9.18 Å². The van der Waals surface area contributed by atoms with Crippen molar-refractivity contribution in [1.29, 1.82) is 0 Å². The molecule has 1 aliphatic rings. The lowest BCUT2D eigenvalue weighted by Crippen LogP contribution is -2.44. The maximum Gasteiger partial charge on any atom is 0.404 e. The van der Waals surface area contributed by atoms with Crippen LogP contribution in [0.2, 0.25) is 0 Å². The van der Waals surface area contributed by atoms with E-state index in [1.165, 1.54) is 12.1 Å². The molecule has 1 aliphatic heterocycles. The summed E-state index contributed by atoms with van der Waals surface area (Å²) >= 11 is 0. The molecule has 1 aromatic carbocycles. The number of hydrogen-bond donors (Lipinski definition) is 2. The summed E-state index contributed by atoms with van der Waals surface area (Å²) in [5, 5.41) is 11.3. The van der Waals surface area contributed by atoms with E-state index >= 15 is 0 Å². The number of piperidine rings is 1. The molecule has 0 atom stereocenters. The normalized spacial score (nSPS) is 15.4. The fraction of sp³-hybridized carbons (Fsp3) is 0.294. The molecule has 0 bridgehead atoms. The molecule has 1 aromatic heterocycles. The average molecular weight is 315 g/mol. The zero-order valence-corrected chi connectivity index (χ0v) is 12.6. The van der Waals surface area contributed by atoms with Gasteiger partial charge in [-0.05, 0) is 42.7 Å². The Morgan fingerprint density at radius 3 is 2.35 bits per heavy atom. The molecule has 6 heteroatoms. The molecule has 2 heterocycles. The molecule has 1 fully saturated rings. The van der Waals surface area contributed by atoms with Crippen LogP contribution in [-0.2, 0) is 0 Å². The topological polar surface area (TPSA) is 65.5 Å². The lowest BCUT2D eigenvalue weighted by Gasteiger charge is -2.32. The number of nitrogens with one attached hydrogen (secondary N) is 1. The van der Waals surface area contributed by atoms with Gasteiger partial charge in [0.05, 0.1) is 0 Å². The van der Waals surface area contributed by atoms with Crippen molar-refractivity contribution in [2.24, 2.45) is 0 Å². The summed E-state index contributed by atoms with van der Waals surface area (Å²) in [6.45, 7) is 1.54. The van der Waals surface area contributed by atoms with Gasteiger partial charge in [0.2, 0.25) is 0 Å². The number of benzene rings is 1. The highest BCUT2D eigenvalue weighted by molar-refractivity contribution is 5.65. The van der Waals surface area contributed by atoms with Gasteiger partial charge >= 0.3 is 6.09 Å². The summed E-state index contributed by atoms with van der Waals surface area (Å²) in [6, 6.07) is 10.3. The van der Waals surface area contributed by atoms with Crippen LogP contribution in [0.4, 0.5) is 15.0 Å². The van der Waals surface area contributed by atoms with Gasteiger partial charge in [-0.15, -0.1) is 0 Å². The number of rotatable bonds is 3. The largest absolute Gasteiger partial charge is 0.465 e. The molecule has 1 saturated heterocycles. The minimum atomic E-state index is -0.967. The molecule has 0 unspecified atom stereocenters. The Hall–Kier alpha value is -2.63. The lowest BCUT2D eigenvalue weighted by atomic mass is 10.0. The van der Waals surface area contributed by atoms with E-state index in [-0.39, 0.29) is 11.9 Å². The number of hydrogen-bond acceptors (Lipinski definition) is 3. The van der Waals surface area contributed by atoms with Gasteiger partial charge in [0.25, 0.3) is 0 Å². The van der Waals surface area contributed by atoms with Crippen LogP contribution in [0.5, 0.6) is 0 Å². The van der Waals surface area contributed by atoms with Crippen molar-refractivity contribution in [1.82, 2.24) is 10.3 Å². The minimum absolute atomic E-state index is 0.0160. The summed E-state index contributed by atoms with van der Waals surface area (Å²) in [6.07, 6.45) is 2.36. The Morgan fingerprint density at radius 1 is 1.13 bits per heavy atom. The molecule has 5 nitrogen and oxygen atoms in total. The Labute approximate surface area is 133 Å². The third-order valence-electron chi connectivity index (χ3n) is 4.07. The van der Waals surface area contributed by atoms with Crippen molar-refractivity contribution in [2.45, 2.75) is 18.9 Å². The van der Waals surface area contributed by atoms with Crippen molar-refractivity contribution in [3.8, 4) is 11.1 Å². The van der Waals surface area contributed by atoms with E-state index < -0.39 is 6.09 Å². The van der Waals surface area contributed by atoms with Gasteiger partial charge in [0, 0.05) is 30.9 Å². The molecule has 23 heavy (non-hydrogen) atoms. The molecular formula is C17H18FN3O2. The van der Waals surface area contributed by atoms with Gasteiger partial charge in [0.1, 0.15) is 11.6 Å². The first-order chi connectivity index (χ1) is 11.1. The molecular weight excluding hydrogens is 297 g/mol. The molecule has 3 rings (SSSR count). The molecule has 0 saturated carbocycles. The van der Waals surface area contributed by atoms with E-state index in [0.29, 0.717) is 0 Å². The third-order valence-corrected chi connectivity index (χ3v) is 4.07. The van der Waals surface area contributed by atoms with Crippen molar-refractivity contribution >= 4 is 11.9 Å². The standard InChI is InChI=1S/C17H18FN3O2/c18-14-4-1-12(2-5-14)13-3-6-16(19-11-13)21-9-7-15(8-10-21)20-17(22)23/h1-6,11,15,20H,7-10H2,(H,22,23). The number of nitrogens with zero attached hydrogens (tertiary/aromatic N) is 2. The summed E-state index contributed by atoms with van der Waals surface area (Å²) in [4.78, 5) is 17.3. The highest BCUT2D eigenvalue weighted by Crippen LogP contribution is 2.23.